The Hall–Kier alpha value is -1.48. The van der Waals surface area contributed by atoms with Crippen molar-refractivity contribution >= 4 is 11.0 Å². The number of furan rings is 1. The lowest BCUT2D eigenvalue weighted by Crippen LogP contribution is -2.26. The molecule has 2 aromatic rings. The molecule has 0 unspecified atom stereocenters. The zero-order valence-corrected chi connectivity index (χ0v) is 10.0. The summed E-state index contributed by atoms with van der Waals surface area (Å²) in [7, 11) is 1.70. The van der Waals surface area contributed by atoms with Crippen LogP contribution in [0.15, 0.2) is 28.9 Å². The highest BCUT2D eigenvalue weighted by atomic mass is 16.5. The number of piperidine rings is 1. The molecule has 3 rings (SSSR count). The topological polar surface area (TPSA) is 34.4 Å². The van der Waals surface area contributed by atoms with Crippen LogP contribution in [0, 0.1) is 0 Å². The van der Waals surface area contributed by atoms with Gasteiger partial charge in [0, 0.05) is 12.4 Å². The predicted octanol–water partition coefficient (Wildman–Crippen LogP) is 3.15. The van der Waals surface area contributed by atoms with Gasteiger partial charge in [0.2, 0.25) is 0 Å². The monoisotopic (exact) mass is 233 g/mol. The summed E-state index contributed by atoms with van der Waals surface area (Å²) in [4.78, 5) is 0. The van der Waals surface area contributed by atoms with E-state index in [-0.39, 0.29) is 1.43 Å². The number of hydrogen-bond donors (Lipinski definition) is 1. The van der Waals surface area contributed by atoms with Gasteiger partial charge in [0.05, 0.1) is 13.4 Å². The molecule has 1 N–H and O–H groups in total. The van der Waals surface area contributed by atoms with Gasteiger partial charge in [0.25, 0.3) is 0 Å². The van der Waals surface area contributed by atoms with Crippen LogP contribution in [-0.4, -0.2) is 20.2 Å². The molecule has 3 heteroatoms. The van der Waals surface area contributed by atoms with E-state index in [0.29, 0.717) is 5.92 Å². The van der Waals surface area contributed by atoms with Crippen molar-refractivity contribution in [1.82, 2.24) is 5.32 Å². The van der Waals surface area contributed by atoms with Crippen molar-refractivity contribution in [2.45, 2.75) is 18.8 Å². The molecule has 3 nitrogen and oxygen atoms in total. The van der Waals surface area contributed by atoms with Crippen LogP contribution in [0.2, 0.25) is 0 Å². The summed E-state index contributed by atoms with van der Waals surface area (Å²) in [6, 6.07) is 6.01. The maximum absolute atomic E-state index is 5.63. The van der Waals surface area contributed by atoms with Crippen molar-refractivity contribution in [3.05, 3.63) is 30.0 Å². The van der Waals surface area contributed by atoms with Crippen LogP contribution >= 0.6 is 0 Å². The zero-order valence-electron chi connectivity index (χ0n) is 10.0. The van der Waals surface area contributed by atoms with Crippen molar-refractivity contribution in [2.75, 3.05) is 20.2 Å². The van der Waals surface area contributed by atoms with E-state index in [1.165, 1.54) is 23.8 Å². The number of methoxy groups -OCH3 is 1. The molecule has 1 aromatic carbocycles. The third-order valence-corrected chi connectivity index (χ3v) is 3.59. The average molecular weight is 233 g/mol. The first-order chi connectivity index (χ1) is 8.38. The van der Waals surface area contributed by atoms with E-state index in [9.17, 15) is 0 Å². The van der Waals surface area contributed by atoms with Crippen LogP contribution in [0.4, 0.5) is 0 Å². The molecule has 17 heavy (non-hydrogen) atoms. The molecule has 0 amide bonds. The molecule has 0 saturated carbocycles. The Bertz CT molecular complexity index is 517. The van der Waals surface area contributed by atoms with Gasteiger partial charge in [-0.25, -0.2) is 0 Å². The standard InChI is InChI=1S/C14H17NO2.H2/c1-16-11-2-3-14-12(8-11)13(9-17-14)10-4-6-15-7-5-10;/h2-3,8-10,15H,4-7H2,1H3;1H. The van der Waals surface area contributed by atoms with Gasteiger partial charge in [-0.15, -0.1) is 0 Å². The van der Waals surface area contributed by atoms with E-state index in [1.54, 1.807) is 7.11 Å². The van der Waals surface area contributed by atoms with E-state index < -0.39 is 0 Å². The lowest BCUT2D eigenvalue weighted by atomic mass is 9.90. The zero-order chi connectivity index (χ0) is 11.7. The Kier molecular flexibility index (Phi) is 2.77. The summed E-state index contributed by atoms with van der Waals surface area (Å²) < 4.78 is 10.9. The van der Waals surface area contributed by atoms with E-state index >= 15 is 0 Å². The van der Waals surface area contributed by atoms with Crippen molar-refractivity contribution in [3.8, 4) is 5.75 Å². The third-order valence-electron chi connectivity index (χ3n) is 3.59. The molecule has 1 aliphatic heterocycles. The highest BCUT2D eigenvalue weighted by molar-refractivity contribution is 5.83. The van der Waals surface area contributed by atoms with Crippen molar-refractivity contribution in [3.63, 3.8) is 0 Å². The van der Waals surface area contributed by atoms with Crippen LogP contribution in [0.5, 0.6) is 5.75 Å². The van der Waals surface area contributed by atoms with Gasteiger partial charge in [-0.3, -0.25) is 0 Å². The highest BCUT2D eigenvalue weighted by Crippen LogP contribution is 2.34. The summed E-state index contributed by atoms with van der Waals surface area (Å²) in [6.07, 6.45) is 4.29. The molecule has 1 saturated heterocycles. The first-order valence-electron chi connectivity index (χ1n) is 6.14. The summed E-state index contributed by atoms with van der Waals surface area (Å²) in [5.41, 5.74) is 2.29. The molecule has 0 aliphatic carbocycles. The maximum atomic E-state index is 5.63. The van der Waals surface area contributed by atoms with Crippen molar-refractivity contribution in [2.24, 2.45) is 0 Å². The second-order valence-electron chi connectivity index (χ2n) is 4.58. The molecule has 0 spiro atoms. The summed E-state index contributed by atoms with van der Waals surface area (Å²) in [6.45, 7) is 2.20. The first kappa shape index (κ1) is 10.7. The SMILES string of the molecule is COc1ccc2occ(C3CCNCC3)c2c1.[HH]. The van der Waals surface area contributed by atoms with E-state index in [2.05, 4.69) is 11.4 Å². The van der Waals surface area contributed by atoms with Crippen LogP contribution in [-0.2, 0) is 0 Å². The molecule has 1 aliphatic rings. The summed E-state index contributed by atoms with van der Waals surface area (Å²) in [5.74, 6) is 1.51. The molecule has 2 heterocycles. The normalized spacial score (nSPS) is 17.5. The number of fused-ring (bicyclic) bond motifs is 1. The summed E-state index contributed by atoms with van der Waals surface area (Å²) >= 11 is 0. The van der Waals surface area contributed by atoms with Gasteiger partial charge in [0.1, 0.15) is 11.3 Å². The molecule has 0 atom stereocenters. The Morgan fingerprint density at radius 3 is 2.94 bits per heavy atom. The number of rotatable bonds is 2. The van der Waals surface area contributed by atoms with Crippen molar-refractivity contribution < 1.29 is 10.6 Å². The molecular weight excluding hydrogens is 214 g/mol. The lowest BCUT2D eigenvalue weighted by Gasteiger charge is -2.21. The highest BCUT2D eigenvalue weighted by Gasteiger charge is 2.19. The van der Waals surface area contributed by atoms with Gasteiger partial charge < -0.3 is 14.5 Å². The smallest absolute Gasteiger partial charge is 0.134 e. The fourth-order valence-corrected chi connectivity index (χ4v) is 2.60. The second-order valence-corrected chi connectivity index (χ2v) is 4.58. The van der Waals surface area contributed by atoms with Gasteiger partial charge in [-0.05, 0) is 50.0 Å². The largest absolute Gasteiger partial charge is 0.497 e. The Balaban J connectivity index is 0.00000120. The molecule has 1 aromatic heterocycles. The number of ether oxygens (including phenoxy) is 1. The van der Waals surface area contributed by atoms with E-state index in [0.717, 1.165) is 24.4 Å². The minimum absolute atomic E-state index is 0. The quantitative estimate of drug-likeness (QED) is 0.865. The maximum Gasteiger partial charge on any atom is 0.134 e. The van der Waals surface area contributed by atoms with Gasteiger partial charge in [-0.1, -0.05) is 0 Å². The van der Waals surface area contributed by atoms with Crippen molar-refractivity contribution in [1.29, 1.82) is 0 Å². The fraction of sp³-hybridized carbons (Fsp3) is 0.429. The molecule has 0 radical (unpaired) electrons. The fourth-order valence-electron chi connectivity index (χ4n) is 2.60. The molecule has 92 valence electrons. The van der Waals surface area contributed by atoms with Crippen LogP contribution in [0.1, 0.15) is 25.7 Å². The second kappa shape index (κ2) is 4.41. The first-order valence-corrected chi connectivity index (χ1v) is 6.14. The molecule has 1 fully saturated rings. The Morgan fingerprint density at radius 2 is 2.18 bits per heavy atom. The minimum atomic E-state index is 0. The van der Waals surface area contributed by atoms with E-state index in [1.807, 2.05) is 18.4 Å². The number of benzene rings is 1. The molecule has 0 bridgehead atoms. The summed E-state index contributed by atoms with van der Waals surface area (Å²) in [5, 5.41) is 4.60. The molecular formula is C14H19NO2. The average Bonchev–Trinajstić information content (AvgIpc) is 2.82. The predicted molar refractivity (Wildman–Crippen MR) is 69.7 cm³/mol. The number of nitrogens with one attached hydrogen (secondary N) is 1. The van der Waals surface area contributed by atoms with E-state index in [4.69, 9.17) is 9.15 Å². The third kappa shape index (κ3) is 1.91. The van der Waals surface area contributed by atoms with Crippen LogP contribution < -0.4 is 10.1 Å². The lowest BCUT2D eigenvalue weighted by molar-refractivity contribution is 0.415. The van der Waals surface area contributed by atoms with Gasteiger partial charge >= 0.3 is 0 Å². The minimum Gasteiger partial charge on any atom is -0.497 e. The number of hydrogen-bond acceptors (Lipinski definition) is 3. The van der Waals surface area contributed by atoms with Gasteiger partial charge in [-0.2, -0.15) is 0 Å². The Morgan fingerprint density at radius 1 is 1.35 bits per heavy atom. The van der Waals surface area contributed by atoms with Crippen LogP contribution in [0.3, 0.4) is 0 Å². The van der Waals surface area contributed by atoms with Crippen LogP contribution in [0.25, 0.3) is 11.0 Å². The van der Waals surface area contributed by atoms with Gasteiger partial charge in [0.15, 0.2) is 0 Å². The Labute approximate surface area is 102 Å².